The first-order valence-corrected chi connectivity index (χ1v) is 2.64. The van der Waals surface area contributed by atoms with Crippen molar-refractivity contribution in [3.05, 3.63) is 34.9 Å². The summed E-state index contributed by atoms with van der Waals surface area (Å²) in [5.41, 5.74) is 0.321. The van der Waals surface area contributed by atoms with Crippen molar-refractivity contribution in [1.29, 1.82) is 0 Å². The molecule has 8 heavy (non-hydrogen) atoms. The molecule has 0 nitrogen and oxygen atoms in total. The smallest absolute Gasteiger partial charge is 0.0406 e. The maximum absolute atomic E-state index is 7.03. The molecule has 0 saturated heterocycles. The molecule has 0 fully saturated rings. The second kappa shape index (κ2) is 2.19. The molecule has 1 aromatic rings. The fourth-order valence-electron chi connectivity index (χ4n) is 0.450. The van der Waals surface area contributed by atoms with Gasteiger partial charge in [0.2, 0.25) is 0 Å². The molecule has 0 unspecified atom stereocenters. The maximum atomic E-state index is 7.03. The number of halogens is 1. The van der Waals surface area contributed by atoms with Gasteiger partial charge in [-0.1, -0.05) is 29.3 Å². The number of aryl methyl sites for hydroxylation is 1. The van der Waals surface area contributed by atoms with Gasteiger partial charge in [0.25, 0.3) is 0 Å². The van der Waals surface area contributed by atoms with Crippen LogP contribution in [0, 0.1) is 6.85 Å². The van der Waals surface area contributed by atoms with Crippen molar-refractivity contribution in [3.63, 3.8) is 0 Å². The largest absolute Gasteiger partial charge is 0.0843 e. The van der Waals surface area contributed by atoms with Crippen molar-refractivity contribution in [2.24, 2.45) is 0 Å². The Bertz CT molecular complexity index is 237. The number of rotatable bonds is 0. The Hall–Kier alpha value is -0.490. The van der Waals surface area contributed by atoms with E-state index in [2.05, 4.69) is 0 Å². The fourth-order valence-corrected chi connectivity index (χ4v) is 0.576. The molecule has 1 rings (SSSR count). The highest BCUT2D eigenvalue weighted by Gasteiger charge is 1.81. The zero-order valence-electron chi connectivity index (χ0n) is 7.19. The summed E-state index contributed by atoms with van der Waals surface area (Å²) in [5.74, 6) is 0. The molecule has 0 saturated carbocycles. The molecular formula is C7H7Cl. The van der Waals surface area contributed by atoms with E-state index in [0.29, 0.717) is 10.6 Å². The standard InChI is InChI=1S/C7H7Cl/c1-6-2-4-7(8)5-3-6/h2-5H,1H3/i1D3. The minimum absolute atomic E-state index is 0.321. The summed E-state index contributed by atoms with van der Waals surface area (Å²) in [4.78, 5) is 0. The van der Waals surface area contributed by atoms with E-state index in [1.165, 1.54) is 12.1 Å². The van der Waals surface area contributed by atoms with E-state index in [4.69, 9.17) is 15.7 Å². The summed E-state index contributed by atoms with van der Waals surface area (Å²) in [5, 5.41) is 0.554. The summed E-state index contributed by atoms with van der Waals surface area (Å²) >= 11 is 5.58. The summed E-state index contributed by atoms with van der Waals surface area (Å²) in [7, 11) is 0. The van der Waals surface area contributed by atoms with Crippen LogP contribution in [0.15, 0.2) is 24.3 Å². The van der Waals surface area contributed by atoms with Gasteiger partial charge >= 0.3 is 0 Å². The van der Waals surface area contributed by atoms with Crippen LogP contribution in [0.25, 0.3) is 0 Å². The molecule has 0 aliphatic rings. The summed E-state index contributed by atoms with van der Waals surface area (Å²) in [6.07, 6.45) is 0. The average molecular weight is 130 g/mol. The molecule has 42 valence electrons. The first kappa shape index (κ1) is 2.88. The van der Waals surface area contributed by atoms with Crippen molar-refractivity contribution >= 4 is 11.6 Å². The lowest BCUT2D eigenvalue weighted by Crippen LogP contribution is -1.66. The van der Waals surface area contributed by atoms with Crippen LogP contribution < -0.4 is 0 Å². The van der Waals surface area contributed by atoms with Gasteiger partial charge in [-0.05, 0) is 19.0 Å². The second-order valence-corrected chi connectivity index (χ2v) is 1.94. The fraction of sp³-hybridized carbons (Fsp3) is 0.143. The topological polar surface area (TPSA) is 0 Å². The third-order valence-corrected chi connectivity index (χ3v) is 1.10. The van der Waals surface area contributed by atoms with Crippen LogP contribution in [0.5, 0.6) is 0 Å². The predicted octanol–water partition coefficient (Wildman–Crippen LogP) is 2.65. The molecule has 0 N–H and O–H groups in total. The van der Waals surface area contributed by atoms with Crippen LogP contribution in [-0.4, -0.2) is 0 Å². The molecule has 0 aliphatic heterocycles. The van der Waals surface area contributed by atoms with Gasteiger partial charge in [0.15, 0.2) is 0 Å². The molecular weight excluding hydrogens is 120 g/mol. The average Bonchev–Trinajstić information content (AvgIpc) is 1.86. The first-order chi connectivity index (χ1) is 5.00. The van der Waals surface area contributed by atoms with E-state index < -0.39 is 6.85 Å². The quantitative estimate of drug-likeness (QED) is 0.505. The molecule has 1 heteroatoms. The molecule has 0 atom stereocenters. The monoisotopic (exact) mass is 129 g/mol. The lowest BCUT2D eigenvalue weighted by Gasteiger charge is -1.88. The molecule has 0 spiro atoms. The van der Waals surface area contributed by atoms with Gasteiger partial charge in [-0.25, -0.2) is 0 Å². The van der Waals surface area contributed by atoms with Crippen LogP contribution in [0.3, 0.4) is 0 Å². The molecule has 1 aromatic carbocycles. The van der Waals surface area contributed by atoms with Crippen LogP contribution in [0.1, 0.15) is 9.68 Å². The van der Waals surface area contributed by atoms with E-state index in [-0.39, 0.29) is 0 Å². The Morgan fingerprint density at radius 1 is 1.38 bits per heavy atom. The Balaban J connectivity index is 2.99. The zero-order valence-corrected chi connectivity index (χ0v) is 4.94. The van der Waals surface area contributed by atoms with Crippen molar-refractivity contribution in [1.82, 2.24) is 0 Å². The van der Waals surface area contributed by atoms with Crippen molar-refractivity contribution < 1.29 is 4.11 Å². The third-order valence-electron chi connectivity index (χ3n) is 0.844. The van der Waals surface area contributed by atoms with Gasteiger partial charge in [-0.3, -0.25) is 0 Å². The van der Waals surface area contributed by atoms with Gasteiger partial charge < -0.3 is 0 Å². The Morgan fingerprint density at radius 2 is 2.00 bits per heavy atom. The van der Waals surface area contributed by atoms with Gasteiger partial charge in [0, 0.05) is 9.13 Å². The molecule has 0 radical (unpaired) electrons. The Morgan fingerprint density at radius 3 is 2.50 bits per heavy atom. The van der Waals surface area contributed by atoms with E-state index in [1.807, 2.05) is 0 Å². The van der Waals surface area contributed by atoms with Gasteiger partial charge in [-0.2, -0.15) is 0 Å². The van der Waals surface area contributed by atoms with E-state index in [1.54, 1.807) is 12.1 Å². The summed E-state index contributed by atoms with van der Waals surface area (Å²) in [6.45, 7) is -2.02. The number of hydrogen-bond donors (Lipinski definition) is 0. The van der Waals surface area contributed by atoms with Crippen molar-refractivity contribution in [2.45, 2.75) is 6.85 Å². The molecule has 0 aliphatic carbocycles. The van der Waals surface area contributed by atoms with Gasteiger partial charge in [0.05, 0.1) is 0 Å². The third kappa shape index (κ3) is 1.24. The highest BCUT2D eigenvalue weighted by atomic mass is 35.5. The molecule has 0 aromatic heterocycles. The van der Waals surface area contributed by atoms with Crippen LogP contribution in [0.2, 0.25) is 5.02 Å². The van der Waals surface area contributed by atoms with Crippen molar-refractivity contribution in [3.8, 4) is 0 Å². The molecule has 0 heterocycles. The number of hydrogen-bond acceptors (Lipinski definition) is 0. The summed E-state index contributed by atoms with van der Waals surface area (Å²) < 4.78 is 21.1. The highest BCUT2D eigenvalue weighted by Crippen LogP contribution is 2.07. The predicted molar refractivity (Wildman–Crippen MR) is 36.2 cm³/mol. The normalized spacial score (nSPS) is 16.4. The number of benzene rings is 1. The lowest BCUT2D eigenvalue weighted by molar-refractivity contribution is 1.48. The Labute approximate surface area is 58.3 Å². The Kier molecular flexibility index (Phi) is 0.787. The van der Waals surface area contributed by atoms with E-state index in [0.717, 1.165) is 0 Å². The lowest BCUT2D eigenvalue weighted by atomic mass is 10.2. The van der Waals surface area contributed by atoms with Crippen LogP contribution >= 0.6 is 11.6 Å². The van der Waals surface area contributed by atoms with Crippen molar-refractivity contribution in [2.75, 3.05) is 0 Å². The maximum Gasteiger partial charge on any atom is 0.0406 e. The van der Waals surface area contributed by atoms with E-state index >= 15 is 0 Å². The minimum atomic E-state index is -2.02. The minimum Gasteiger partial charge on any atom is -0.0843 e. The van der Waals surface area contributed by atoms with Crippen LogP contribution in [-0.2, 0) is 0 Å². The van der Waals surface area contributed by atoms with E-state index in [9.17, 15) is 0 Å². The summed E-state index contributed by atoms with van der Waals surface area (Å²) in [6, 6.07) is 6.16. The zero-order chi connectivity index (χ0) is 8.48. The second-order valence-electron chi connectivity index (χ2n) is 1.51. The molecule has 0 bridgehead atoms. The first-order valence-electron chi connectivity index (χ1n) is 3.76. The van der Waals surface area contributed by atoms with Gasteiger partial charge in [-0.15, -0.1) is 0 Å². The van der Waals surface area contributed by atoms with Crippen LogP contribution in [0.4, 0.5) is 0 Å². The van der Waals surface area contributed by atoms with Gasteiger partial charge in [0.1, 0.15) is 0 Å². The SMILES string of the molecule is [2H]C([2H])([2H])c1ccc(Cl)cc1. The highest BCUT2D eigenvalue weighted by molar-refractivity contribution is 6.30. The molecule has 0 amide bonds.